The number of fused-ring (bicyclic) bond motifs is 3. The smallest absolute Gasteiger partial charge is 0.271 e. The average molecular weight is 671 g/mol. The highest BCUT2D eigenvalue weighted by Crippen LogP contribution is 2.41. The number of aryl methyl sites for hydroxylation is 1. The van der Waals surface area contributed by atoms with E-state index in [2.05, 4.69) is 68.9 Å². The molecule has 8 heteroatoms. The van der Waals surface area contributed by atoms with Crippen molar-refractivity contribution in [3.05, 3.63) is 116 Å². The van der Waals surface area contributed by atoms with E-state index >= 15 is 0 Å². The van der Waals surface area contributed by atoms with Crippen molar-refractivity contribution >= 4 is 61.6 Å². The van der Waals surface area contributed by atoms with Gasteiger partial charge in [0.2, 0.25) is 0 Å². The zero-order chi connectivity index (χ0) is 25.0. The third kappa shape index (κ3) is 3.95. The summed E-state index contributed by atoms with van der Waals surface area (Å²) in [4.78, 5) is 19.6. The van der Waals surface area contributed by atoms with Crippen molar-refractivity contribution in [1.29, 1.82) is 0 Å². The van der Waals surface area contributed by atoms with E-state index < -0.39 is 0 Å². The largest absolute Gasteiger partial charge is 0.504 e. The molecule has 0 saturated carbocycles. The van der Waals surface area contributed by atoms with E-state index in [1.54, 1.807) is 6.07 Å². The van der Waals surface area contributed by atoms with Crippen LogP contribution in [0.4, 0.5) is 0 Å². The molecule has 0 unspecified atom stereocenters. The van der Waals surface area contributed by atoms with Gasteiger partial charge in [-0.1, -0.05) is 63.7 Å². The van der Waals surface area contributed by atoms with E-state index in [4.69, 9.17) is 9.73 Å². The van der Waals surface area contributed by atoms with Crippen molar-refractivity contribution in [2.24, 2.45) is 4.99 Å². The maximum atomic E-state index is 13.9. The Balaban J connectivity index is 1.61. The maximum absolute atomic E-state index is 13.9. The standard InChI is InChI=1S/C28H20BrIN2O3S/c1-35-22-13-15(12-21(30)26(22)33)14-23-27(34)32-25(17-6-9-18(29)10-7-17)20-11-8-16-4-2-3-5-19(16)24(20)31-28(32)36-23/h2-7,9-10,12-14,25,33H,8,11H2,1H3/b23-14-/t25-/m1/s1. The summed E-state index contributed by atoms with van der Waals surface area (Å²) >= 11 is 6.99. The van der Waals surface area contributed by atoms with E-state index in [0.29, 0.717) is 18.7 Å². The van der Waals surface area contributed by atoms with Crippen LogP contribution in [0.25, 0.3) is 11.8 Å². The van der Waals surface area contributed by atoms with E-state index in [0.717, 1.165) is 39.7 Å². The number of benzene rings is 3. The van der Waals surface area contributed by atoms with Gasteiger partial charge in [-0.15, -0.1) is 0 Å². The van der Waals surface area contributed by atoms with E-state index in [-0.39, 0.29) is 17.4 Å². The van der Waals surface area contributed by atoms with Gasteiger partial charge in [-0.25, -0.2) is 4.99 Å². The van der Waals surface area contributed by atoms with Crippen LogP contribution in [0, 0.1) is 3.57 Å². The number of phenolic OH excluding ortho intramolecular Hbond substituents is 1. The van der Waals surface area contributed by atoms with Crippen LogP contribution in [0.3, 0.4) is 0 Å². The summed E-state index contributed by atoms with van der Waals surface area (Å²) in [5.74, 6) is 0.471. The normalized spacial score (nSPS) is 16.8. The van der Waals surface area contributed by atoms with Gasteiger partial charge in [0.25, 0.3) is 5.56 Å². The van der Waals surface area contributed by atoms with Crippen molar-refractivity contribution in [3.63, 3.8) is 0 Å². The molecule has 1 N–H and O–H groups in total. The molecule has 0 amide bonds. The Bertz CT molecular complexity index is 1740. The highest BCUT2D eigenvalue weighted by molar-refractivity contribution is 14.1. The van der Waals surface area contributed by atoms with Gasteiger partial charge in [-0.05, 0) is 88.0 Å². The molecule has 180 valence electrons. The lowest BCUT2D eigenvalue weighted by Crippen LogP contribution is -2.38. The molecular weight excluding hydrogens is 651 g/mol. The first-order valence-electron chi connectivity index (χ1n) is 11.4. The minimum atomic E-state index is -0.214. The highest BCUT2D eigenvalue weighted by atomic mass is 127. The van der Waals surface area contributed by atoms with Crippen molar-refractivity contribution in [2.75, 3.05) is 7.11 Å². The van der Waals surface area contributed by atoms with Gasteiger partial charge in [0.1, 0.15) is 0 Å². The summed E-state index contributed by atoms with van der Waals surface area (Å²) in [6.45, 7) is 0. The summed E-state index contributed by atoms with van der Waals surface area (Å²) in [5, 5.41) is 10.2. The van der Waals surface area contributed by atoms with Gasteiger partial charge in [-0.3, -0.25) is 9.36 Å². The predicted octanol–water partition coefficient (Wildman–Crippen LogP) is 5.40. The van der Waals surface area contributed by atoms with E-state index in [1.165, 1.54) is 29.6 Å². The third-order valence-electron chi connectivity index (χ3n) is 6.63. The van der Waals surface area contributed by atoms with Crippen LogP contribution in [0.5, 0.6) is 11.5 Å². The molecule has 1 aromatic heterocycles. The second-order valence-electron chi connectivity index (χ2n) is 8.72. The second kappa shape index (κ2) is 9.32. The number of methoxy groups -OCH3 is 1. The molecule has 2 heterocycles. The number of allylic oxidation sites excluding steroid dienone is 1. The zero-order valence-corrected chi connectivity index (χ0v) is 23.7. The Labute approximate surface area is 233 Å². The number of halogens is 2. The van der Waals surface area contributed by atoms with Crippen molar-refractivity contribution in [3.8, 4) is 11.5 Å². The number of rotatable bonds is 3. The van der Waals surface area contributed by atoms with Crippen molar-refractivity contribution in [2.45, 2.75) is 18.9 Å². The molecule has 6 rings (SSSR count). The molecule has 1 aliphatic heterocycles. The lowest BCUT2D eigenvalue weighted by molar-refractivity contribution is 0.371. The number of nitrogens with zero attached hydrogens (tertiary/aromatic N) is 2. The minimum absolute atomic E-state index is 0.0703. The monoisotopic (exact) mass is 670 g/mol. The summed E-state index contributed by atoms with van der Waals surface area (Å²) in [6, 6.07) is 20.0. The first-order chi connectivity index (χ1) is 17.4. The van der Waals surface area contributed by atoms with Gasteiger partial charge >= 0.3 is 0 Å². The molecule has 0 spiro atoms. The lowest BCUT2D eigenvalue weighted by Gasteiger charge is -2.30. The quantitative estimate of drug-likeness (QED) is 0.297. The van der Waals surface area contributed by atoms with Crippen molar-refractivity contribution < 1.29 is 9.84 Å². The molecule has 0 radical (unpaired) electrons. The molecule has 0 fully saturated rings. The summed E-state index contributed by atoms with van der Waals surface area (Å²) < 4.78 is 9.40. The first kappa shape index (κ1) is 23.7. The Morgan fingerprint density at radius 3 is 2.72 bits per heavy atom. The lowest BCUT2D eigenvalue weighted by atomic mass is 9.83. The van der Waals surface area contributed by atoms with Crippen LogP contribution in [-0.4, -0.2) is 16.8 Å². The van der Waals surface area contributed by atoms with Crippen LogP contribution >= 0.6 is 49.9 Å². The Morgan fingerprint density at radius 2 is 1.94 bits per heavy atom. The summed E-state index contributed by atoms with van der Waals surface area (Å²) in [6.07, 6.45) is 3.63. The van der Waals surface area contributed by atoms with Crippen LogP contribution in [0.15, 0.2) is 80.5 Å². The van der Waals surface area contributed by atoms with Gasteiger partial charge < -0.3 is 9.84 Å². The van der Waals surface area contributed by atoms with E-state index in [1.807, 2.05) is 34.9 Å². The fraction of sp³-hybridized carbons (Fsp3) is 0.143. The Morgan fingerprint density at radius 1 is 1.17 bits per heavy atom. The molecule has 4 aromatic rings. The second-order valence-corrected chi connectivity index (χ2v) is 11.8. The van der Waals surface area contributed by atoms with Crippen LogP contribution < -0.4 is 19.6 Å². The summed E-state index contributed by atoms with van der Waals surface area (Å²) in [7, 11) is 1.52. The first-order valence-corrected chi connectivity index (χ1v) is 14.1. The number of aromatic hydroxyl groups is 1. The van der Waals surface area contributed by atoms with Gasteiger partial charge in [0.15, 0.2) is 16.3 Å². The SMILES string of the molecule is COc1cc(/C=c2\sc3n(c2=O)[C@H](c2ccc(Br)cc2)C2=C(N=3)c3ccccc3CC2)cc(I)c1O. The van der Waals surface area contributed by atoms with Crippen LogP contribution in [0.2, 0.25) is 0 Å². The number of hydrogen-bond donors (Lipinski definition) is 1. The van der Waals surface area contributed by atoms with Crippen molar-refractivity contribution in [1.82, 2.24) is 4.57 Å². The zero-order valence-electron chi connectivity index (χ0n) is 19.2. The molecule has 0 bridgehead atoms. The van der Waals surface area contributed by atoms with Gasteiger partial charge in [0.05, 0.1) is 27.0 Å². The summed E-state index contributed by atoms with van der Waals surface area (Å²) in [5.41, 5.74) is 6.38. The molecule has 2 aliphatic rings. The Kier molecular flexibility index (Phi) is 6.13. The number of aromatic nitrogens is 1. The fourth-order valence-electron chi connectivity index (χ4n) is 4.95. The fourth-order valence-corrected chi connectivity index (χ4v) is 6.84. The molecule has 3 aromatic carbocycles. The molecule has 0 saturated heterocycles. The maximum Gasteiger partial charge on any atom is 0.271 e. The molecule has 1 aliphatic carbocycles. The predicted molar refractivity (Wildman–Crippen MR) is 154 cm³/mol. The Hall–Kier alpha value is -2.69. The highest BCUT2D eigenvalue weighted by Gasteiger charge is 2.32. The average Bonchev–Trinajstić information content (AvgIpc) is 3.19. The topological polar surface area (TPSA) is 63.8 Å². The van der Waals surface area contributed by atoms with Crippen LogP contribution in [-0.2, 0) is 6.42 Å². The van der Waals surface area contributed by atoms with Gasteiger partial charge in [0, 0.05) is 10.0 Å². The number of thiazole rings is 1. The van der Waals surface area contributed by atoms with Gasteiger partial charge in [-0.2, -0.15) is 0 Å². The minimum Gasteiger partial charge on any atom is -0.504 e. The molecule has 36 heavy (non-hydrogen) atoms. The third-order valence-corrected chi connectivity index (χ3v) is 8.96. The molecule has 5 nitrogen and oxygen atoms in total. The van der Waals surface area contributed by atoms with E-state index in [9.17, 15) is 9.90 Å². The number of ether oxygens (including phenoxy) is 1. The van der Waals surface area contributed by atoms with Crippen LogP contribution in [0.1, 0.15) is 34.7 Å². The molecule has 1 atom stereocenters. The molecular formula is C28H20BrIN2O3S. The number of phenols is 1. The number of hydrogen-bond acceptors (Lipinski definition) is 5.